The maximum Gasteiger partial charge on any atom is 0.0976 e. The molecule has 2 aromatic rings. The Morgan fingerprint density at radius 3 is 2.82 bits per heavy atom. The van der Waals surface area contributed by atoms with Gasteiger partial charge in [-0.3, -0.25) is 0 Å². The van der Waals surface area contributed by atoms with E-state index in [4.69, 9.17) is 4.98 Å². The highest BCUT2D eigenvalue weighted by molar-refractivity contribution is 9.10. The highest BCUT2D eigenvalue weighted by Gasteiger charge is 2.24. The summed E-state index contributed by atoms with van der Waals surface area (Å²) in [6.45, 7) is 8.24. The molecule has 1 atom stereocenters. The maximum atomic E-state index is 4.92. The van der Waals surface area contributed by atoms with Gasteiger partial charge in [-0.1, -0.05) is 41.9 Å². The van der Waals surface area contributed by atoms with Crippen LogP contribution in [0.3, 0.4) is 0 Å². The Labute approximate surface area is 145 Å². The fourth-order valence-electron chi connectivity index (χ4n) is 3.17. The number of nitrogens with zero attached hydrogens (tertiary/aromatic N) is 2. The molecule has 0 radical (unpaired) electrons. The fraction of sp³-hybridized carbons (Fsp3) is 0.500. The lowest BCUT2D eigenvalue weighted by Crippen LogP contribution is -2.36. The standard InChI is InChI=1S/C18H23BrN2S/c1-13(2)10-21-9-3-4-15(11-21)18-20-17(12-22-18)14-5-7-16(19)8-6-14/h5-8,12-13,15H,3-4,9-11H2,1-2H3. The molecule has 2 nitrogen and oxygen atoms in total. The van der Waals surface area contributed by atoms with Crippen molar-refractivity contribution in [2.75, 3.05) is 19.6 Å². The third-order valence-electron chi connectivity index (χ3n) is 4.14. The molecule has 0 amide bonds. The Bertz CT molecular complexity index is 606. The number of benzene rings is 1. The van der Waals surface area contributed by atoms with E-state index in [2.05, 4.69) is 64.3 Å². The number of hydrogen-bond acceptors (Lipinski definition) is 3. The maximum absolute atomic E-state index is 4.92. The van der Waals surface area contributed by atoms with Crippen LogP contribution in [0.25, 0.3) is 11.3 Å². The Morgan fingerprint density at radius 1 is 1.32 bits per heavy atom. The van der Waals surface area contributed by atoms with E-state index in [1.807, 2.05) is 11.3 Å². The minimum absolute atomic E-state index is 0.613. The zero-order valence-electron chi connectivity index (χ0n) is 13.3. The predicted molar refractivity (Wildman–Crippen MR) is 98.5 cm³/mol. The van der Waals surface area contributed by atoms with Crippen LogP contribution in [0.5, 0.6) is 0 Å². The molecule has 1 aliphatic rings. The number of piperidine rings is 1. The summed E-state index contributed by atoms with van der Waals surface area (Å²) in [5.41, 5.74) is 2.33. The summed E-state index contributed by atoms with van der Waals surface area (Å²) in [7, 11) is 0. The first-order valence-corrected chi connectivity index (χ1v) is 9.73. The second-order valence-corrected chi connectivity index (χ2v) is 8.38. The monoisotopic (exact) mass is 378 g/mol. The van der Waals surface area contributed by atoms with Crippen molar-refractivity contribution >= 4 is 27.3 Å². The second-order valence-electron chi connectivity index (χ2n) is 6.57. The first kappa shape index (κ1) is 16.2. The summed E-state index contributed by atoms with van der Waals surface area (Å²) in [5, 5.41) is 3.52. The zero-order chi connectivity index (χ0) is 15.5. The van der Waals surface area contributed by atoms with Crippen molar-refractivity contribution in [2.24, 2.45) is 5.92 Å². The molecule has 3 rings (SSSR count). The zero-order valence-corrected chi connectivity index (χ0v) is 15.7. The van der Waals surface area contributed by atoms with Crippen LogP contribution >= 0.6 is 27.3 Å². The minimum Gasteiger partial charge on any atom is -0.302 e. The largest absolute Gasteiger partial charge is 0.302 e. The predicted octanol–water partition coefficient (Wildman–Crippen LogP) is 5.41. The molecule has 0 N–H and O–H groups in total. The summed E-state index contributed by atoms with van der Waals surface area (Å²) in [6.07, 6.45) is 2.58. The van der Waals surface area contributed by atoms with Gasteiger partial charge in [0.25, 0.3) is 0 Å². The van der Waals surface area contributed by atoms with Crippen LogP contribution in [0.15, 0.2) is 34.1 Å². The number of aromatic nitrogens is 1. The molecular formula is C18H23BrN2S. The molecule has 1 saturated heterocycles. The minimum atomic E-state index is 0.613. The second kappa shape index (κ2) is 7.24. The van der Waals surface area contributed by atoms with Gasteiger partial charge in [0.05, 0.1) is 10.7 Å². The molecule has 1 aromatic heterocycles. The normalized spacial score (nSPS) is 19.7. The molecule has 22 heavy (non-hydrogen) atoms. The summed E-state index contributed by atoms with van der Waals surface area (Å²) in [6, 6.07) is 8.43. The molecule has 1 fully saturated rings. The fourth-order valence-corrected chi connectivity index (χ4v) is 4.39. The smallest absolute Gasteiger partial charge is 0.0976 e. The molecule has 0 spiro atoms. The van der Waals surface area contributed by atoms with Crippen molar-refractivity contribution < 1.29 is 0 Å². The van der Waals surface area contributed by atoms with E-state index in [9.17, 15) is 0 Å². The average molecular weight is 379 g/mol. The third-order valence-corrected chi connectivity index (χ3v) is 5.68. The summed E-state index contributed by atoms with van der Waals surface area (Å²) < 4.78 is 1.11. The highest BCUT2D eigenvalue weighted by atomic mass is 79.9. The molecule has 0 saturated carbocycles. The third kappa shape index (κ3) is 3.98. The van der Waals surface area contributed by atoms with Crippen LogP contribution in [-0.4, -0.2) is 29.5 Å². The molecule has 2 heterocycles. The molecule has 1 unspecified atom stereocenters. The topological polar surface area (TPSA) is 16.1 Å². The highest BCUT2D eigenvalue weighted by Crippen LogP contribution is 2.32. The number of likely N-dealkylation sites (tertiary alicyclic amines) is 1. The van der Waals surface area contributed by atoms with E-state index in [-0.39, 0.29) is 0 Å². The molecule has 118 valence electrons. The summed E-state index contributed by atoms with van der Waals surface area (Å²) in [5.74, 6) is 1.36. The van der Waals surface area contributed by atoms with E-state index >= 15 is 0 Å². The van der Waals surface area contributed by atoms with Gasteiger partial charge in [-0.25, -0.2) is 4.98 Å². The van der Waals surface area contributed by atoms with Gasteiger partial charge in [0.15, 0.2) is 0 Å². The van der Waals surface area contributed by atoms with Crippen molar-refractivity contribution in [1.29, 1.82) is 0 Å². The van der Waals surface area contributed by atoms with E-state index < -0.39 is 0 Å². The molecule has 1 aromatic carbocycles. The molecule has 0 aliphatic carbocycles. The summed E-state index contributed by atoms with van der Waals surface area (Å²) >= 11 is 5.32. The molecule has 0 bridgehead atoms. The SMILES string of the molecule is CC(C)CN1CCCC(c2nc(-c3ccc(Br)cc3)cs2)C1. The number of hydrogen-bond donors (Lipinski definition) is 0. The van der Waals surface area contributed by atoms with Gasteiger partial charge >= 0.3 is 0 Å². The molecule has 4 heteroatoms. The number of halogens is 1. The quantitative estimate of drug-likeness (QED) is 0.706. The van der Waals surface area contributed by atoms with Crippen molar-refractivity contribution in [3.63, 3.8) is 0 Å². The van der Waals surface area contributed by atoms with Crippen LogP contribution < -0.4 is 0 Å². The van der Waals surface area contributed by atoms with E-state index in [0.717, 1.165) is 16.1 Å². The van der Waals surface area contributed by atoms with E-state index in [0.29, 0.717) is 5.92 Å². The van der Waals surface area contributed by atoms with Gasteiger partial charge in [0, 0.05) is 34.4 Å². The van der Waals surface area contributed by atoms with Crippen LogP contribution in [0, 0.1) is 5.92 Å². The van der Waals surface area contributed by atoms with Crippen LogP contribution in [0.1, 0.15) is 37.6 Å². The lowest BCUT2D eigenvalue weighted by Gasteiger charge is -2.32. The van der Waals surface area contributed by atoms with Gasteiger partial charge in [0.2, 0.25) is 0 Å². The van der Waals surface area contributed by atoms with E-state index in [1.54, 1.807) is 0 Å². The van der Waals surface area contributed by atoms with Crippen molar-refractivity contribution in [1.82, 2.24) is 9.88 Å². The van der Waals surface area contributed by atoms with Crippen molar-refractivity contribution in [2.45, 2.75) is 32.6 Å². The first-order valence-electron chi connectivity index (χ1n) is 8.05. The van der Waals surface area contributed by atoms with Crippen LogP contribution in [0.2, 0.25) is 0 Å². The number of rotatable bonds is 4. The first-order chi connectivity index (χ1) is 10.6. The van der Waals surface area contributed by atoms with Gasteiger partial charge in [-0.15, -0.1) is 11.3 Å². The Balaban J connectivity index is 1.71. The van der Waals surface area contributed by atoms with Gasteiger partial charge in [-0.2, -0.15) is 0 Å². The lowest BCUT2D eigenvalue weighted by atomic mass is 9.98. The Kier molecular flexibility index (Phi) is 5.32. The molecular weight excluding hydrogens is 356 g/mol. The Hall–Kier alpha value is -0.710. The molecule has 1 aliphatic heterocycles. The lowest BCUT2D eigenvalue weighted by molar-refractivity contribution is 0.188. The number of thiazole rings is 1. The van der Waals surface area contributed by atoms with Gasteiger partial charge < -0.3 is 4.90 Å². The van der Waals surface area contributed by atoms with Crippen molar-refractivity contribution in [3.05, 3.63) is 39.1 Å². The van der Waals surface area contributed by atoms with Gasteiger partial charge in [0.1, 0.15) is 0 Å². The van der Waals surface area contributed by atoms with Gasteiger partial charge in [-0.05, 0) is 37.4 Å². The summed E-state index contributed by atoms with van der Waals surface area (Å²) in [4.78, 5) is 7.53. The van der Waals surface area contributed by atoms with E-state index in [1.165, 1.54) is 43.0 Å². The van der Waals surface area contributed by atoms with Crippen LogP contribution in [0.4, 0.5) is 0 Å². The average Bonchev–Trinajstić information content (AvgIpc) is 2.97. The van der Waals surface area contributed by atoms with Crippen LogP contribution in [-0.2, 0) is 0 Å². The Morgan fingerprint density at radius 2 is 2.09 bits per heavy atom. The van der Waals surface area contributed by atoms with Crippen molar-refractivity contribution in [3.8, 4) is 11.3 Å².